The molecule has 0 fully saturated rings. The van der Waals surface area contributed by atoms with Gasteiger partial charge in [-0.1, -0.05) is 0 Å². The fourth-order valence-electron chi connectivity index (χ4n) is 3.05. The van der Waals surface area contributed by atoms with Crippen LogP contribution in [0.15, 0.2) is 54.9 Å². The number of ether oxygens (including phenoxy) is 2. The van der Waals surface area contributed by atoms with Gasteiger partial charge in [-0.25, -0.2) is 14.6 Å². The second-order valence-corrected chi connectivity index (χ2v) is 6.84. The van der Waals surface area contributed by atoms with Crippen LogP contribution in [0.4, 0.5) is 23.1 Å². The first kappa shape index (κ1) is 21.8. The number of carbonyl (C=O) groups excluding carboxylic acids is 2. The summed E-state index contributed by atoms with van der Waals surface area (Å²) in [6.07, 6.45) is 1.53. The van der Waals surface area contributed by atoms with Gasteiger partial charge in [0.1, 0.15) is 5.52 Å². The molecule has 0 unspecified atom stereocenters. The first-order valence-electron chi connectivity index (χ1n) is 10.4. The van der Waals surface area contributed by atoms with Gasteiger partial charge >= 0.3 is 11.9 Å². The van der Waals surface area contributed by atoms with Crippen LogP contribution in [0.3, 0.4) is 0 Å². The highest BCUT2D eigenvalue weighted by atomic mass is 16.5. The van der Waals surface area contributed by atoms with E-state index in [4.69, 9.17) is 9.47 Å². The lowest BCUT2D eigenvalue weighted by atomic mass is 10.2. The Kier molecular flexibility index (Phi) is 6.44. The molecule has 4 aromatic rings. The van der Waals surface area contributed by atoms with Crippen molar-refractivity contribution in [2.45, 2.75) is 13.8 Å². The number of carbonyl (C=O) groups is 2. The molecule has 0 radical (unpaired) electrons. The average Bonchev–Trinajstić information content (AvgIpc) is 3.29. The maximum absolute atomic E-state index is 11.9. The third-order valence-corrected chi connectivity index (χ3v) is 4.60. The Morgan fingerprint density at radius 1 is 0.818 bits per heavy atom. The Hall–Kier alpha value is -4.47. The van der Waals surface area contributed by atoms with E-state index in [0.717, 1.165) is 5.69 Å². The first-order valence-corrected chi connectivity index (χ1v) is 10.4. The van der Waals surface area contributed by atoms with E-state index in [9.17, 15) is 9.59 Å². The van der Waals surface area contributed by atoms with Crippen molar-refractivity contribution >= 4 is 46.2 Å². The van der Waals surface area contributed by atoms with Crippen LogP contribution in [-0.4, -0.2) is 45.1 Å². The molecule has 0 spiro atoms. The molecule has 0 bridgehead atoms. The van der Waals surface area contributed by atoms with Crippen LogP contribution >= 0.6 is 0 Å². The molecule has 10 nitrogen and oxygen atoms in total. The second kappa shape index (κ2) is 9.77. The lowest BCUT2D eigenvalue weighted by molar-refractivity contribution is 0.0517. The van der Waals surface area contributed by atoms with Crippen molar-refractivity contribution in [2.24, 2.45) is 0 Å². The molecular formula is C23H22N6O4. The summed E-state index contributed by atoms with van der Waals surface area (Å²) in [4.78, 5) is 39.9. The number of imidazole rings is 1. The molecule has 2 aromatic carbocycles. The van der Waals surface area contributed by atoms with Crippen molar-refractivity contribution in [1.29, 1.82) is 0 Å². The molecule has 2 aromatic heterocycles. The Morgan fingerprint density at radius 3 is 1.91 bits per heavy atom. The van der Waals surface area contributed by atoms with Crippen LogP contribution in [0.25, 0.3) is 11.2 Å². The van der Waals surface area contributed by atoms with E-state index in [1.54, 1.807) is 62.4 Å². The van der Waals surface area contributed by atoms with Crippen molar-refractivity contribution in [1.82, 2.24) is 19.9 Å². The second-order valence-electron chi connectivity index (χ2n) is 6.84. The molecule has 0 amide bonds. The Labute approximate surface area is 189 Å². The molecule has 3 N–H and O–H groups in total. The molecule has 0 aliphatic carbocycles. The third-order valence-electron chi connectivity index (χ3n) is 4.60. The predicted molar refractivity (Wildman–Crippen MR) is 123 cm³/mol. The van der Waals surface area contributed by atoms with Gasteiger partial charge in [0, 0.05) is 11.4 Å². The molecule has 0 aliphatic heterocycles. The lowest BCUT2D eigenvalue weighted by Crippen LogP contribution is -2.05. The summed E-state index contributed by atoms with van der Waals surface area (Å²) < 4.78 is 10.0. The molecule has 0 atom stereocenters. The summed E-state index contributed by atoms with van der Waals surface area (Å²) in [7, 11) is 0. The number of esters is 2. The Bertz CT molecular complexity index is 1270. The molecule has 168 valence electrons. The van der Waals surface area contributed by atoms with Crippen molar-refractivity contribution < 1.29 is 19.1 Å². The molecule has 2 heterocycles. The van der Waals surface area contributed by atoms with E-state index in [0.29, 0.717) is 53.0 Å². The number of aromatic amines is 1. The van der Waals surface area contributed by atoms with Gasteiger partial charge < -0.3 is 25.1 Å². The lowest BCUT2D eigenvalue weighted by Gasteiger charge is -2.10. The molecular weight excluding hydrogens is 424 g/mol. The van der Waals surface area contributed by atoms with E-state index in [-0.39, 0.29) is 11.9 Å². The van der Waals surface area contributed by atoms with Crippen LogP contribution in [-0.2, 0) is 9.47 Å². The van der Waals surface area contributed by atoms with Gasteiger partial charge in [-0.2, -0.15) is 9.97 Å². The van der Waals surface area contributed by atoms with Crippen LogP contribution in [0.5, 0.6) is 0 Å². The third kappa shape index (κ3) is 5.06. The predicted octanol–water partition coefficient (Wildman–Crippen LogP) is 4.19. The highest BCUT2D eigenvalue weighted by Gasteiger charge is 2.12. The Morgan fingerprint density at radius 2 is 1.36 bits per heavy atom. The fourth-order valence-corrected chi connectivity index (χ4v) is 3.05. The highest BCUT2D eigenvalue weighted by Crippen LogP contribution is 2.25. The van der Waals surface area contributed by atoms with Crippen molar-refractivity contribution in [3.05, 3.63) is 66.0 Å². The number of benzene rings is 2. The van der Waals surface area contributed by atoms with Crippen LogP contribution in [0.1, 0.15) is 34.6 Å². The van der Waals surface area contributed by atoms with Gasteiger partial charge in [0.25, 0.3) is 0 Å². The number of H-pyrrole nitrogens is 1. The first-order chi connectivity index (χ1) is 16.1. The quantitative estimate of drug-likeness (QED) is 0.341. The van der Waals surface area contributed by atoms with Gasteiger partial charge in [0.2, 0.25) is 5.95 Å². The summed E-state index contributed by atoms with van der Waals surface area (Å²) in [6.45, 7) is 4.16. The number of hydrogen-bond donors (Lipinski definition) is 3. The molecule has 33 heavy (non-hydrogen) atoms. The number of nitrogens with one attached hydrogen (secondary N) is 3. The largest absolute Gasteiger partial charge is 0.462 e. The van der Waals surface area contributed by atoms with E-state index in [1.165, 1.54) is 6.33 Å². The van der Waals surface area contributed by atoms with Gasteiger partial charge in [-0.05, 0) is 62.4 Å². The summed E-state index contributed by atoms with van der Waals surface area (Å²) >= 11 is 0. The summed E-state index contributed by atoms with van der Waals surface area (Å²) in [6, 6.07) is 13.7. The number of anilines is 4. The molecule has 10 heteroatoms. The monoisotopic (exact) mass is 446 g/mol. The SMILES string of the molecule is CCOC(=O)c1ccc(Nc2nc(Nc3ccc(C(=O)OCC)cc3)c3[nH]cnc3n2)cc1. The Balaban J connectivity index is 1.55. The van der Waals surface area contributed by atoms with Crippen LogP contribution < -0.4 is 10.6 Å². The average molecular weight is 446 g/mol. The molecule has 0 saturated carbocycles. The zero-order valence-electron chi connectivity index (χ0n) is 18.1. The number of aromatic nitrogens is 4. The topological polar surface area (TPSA) is 131 Å². The summed E-state index contributed by atoms with van der Waals surface area (Å²) in [5.74, 6) is 0.0809. The van der Waals surface area contributed by atoms with Crippen molar-refractivity contribution in [3.63, 3.8) is 0 Å². The van der Waals surface area contributed by atoms with Crippen LogP contribution in [0.2, 0.25) is 0 Å². The number of rotatable bonds is 8. The van der Waals surface area contributed by atoms with E-state index in [2.05, 4.69) is 30.6 Å². The fraction of sp³-hybridized carbons (Fsp3) is 0.174. The van der Waals surface area contributed by atoms with E-state index >= 15 is 0 Å². The summed E-state index contributed by atoms with van der Waals surface area (Å²) in [5, 5.41) is 6.34. The number of fused-ring (bicyclic) bond motifs is 1. The minimum Gasteiger partial charge on any atom is -0.462 e. The van der Waals surface area contributed by atoms with Gasteiger partial charge in [0.05, 0.1) is 30.7 Å². The van der Waals surface area contributed by atoms with Crippen molar-refractivity contribution in [2.75, 3.05) is 23.8 Å². The maximum Gasteiger partial charge on any atom is 0.338 e. The van der Waals surface area contributed by atoms with Gasteiger partial charge in [-0.15, -0.1) is 0 Å². The zero-order valence-corrected chi connectivity index (χ0v) is 18.1. The van der Waals surface area contributed by atoms with E-state index in [1.807, 2.05) is 0 Å². The minimum absolute atomic E-state index is 0.317. The van der Waals surface area contributed by atoms with Gasteiger partial charge in [-0.3, -0.25) is 0 Å². The van der Waals surface area contributed by atoms with Gasteiger partial charge in [0.15, 0.2) is 11.5 Å². The van der Waals surface area contributed by atoms with E-state index < -0.39 is 0 Å². The zero-order chi connectivity index (χ0) is 23.2. The van der Waals surface area contributed by atoms with Crippen LogP contribution in [0, 0.1) is 0 Å². The number of nitrogens with zero attached hydrogens (tertiary/aromatic N) is 3. The van der Waals surface area contributed by atoms with Crippen molar-refractivity contribution in [3.8, 4) is 0 Å². The number of hydrogen-bond acceptors (Lipinski definition) is 9. The molecule has 4 rings (SSSR count). The summed E-state index contributed by atoms with van der Waals surface area (Å²) in [5.41, 5.74) is 3.45. The standard InChI is InChI=1S/C23H22N6O4/c1-3-32-21(30)14-5-9-16(10-6-14)26-20-18-19(25-13-24-18)28-23(29-20)27-17-11-7-15(8-12-17)22(31)33-4-2/h5-13H,3-4H2,1-2H3,(H3,24,25,26,27,28,29). The smallest absolute Gasteiger partial charge is 0.338 e. The minimum atomic E-state index is -0.376. The maximum atomic E-state index is 11.9. The molecule has 0 saturated heterocycles. The highest BCUT2D eigenvalue weighted by molar-refractivity contribution is 5.91. The molecule has 0 aliphatic rings. The normalized spacial score (nSPS) is 10.6.